The molecule has 0 aromatic heterocycles. The van der Waals surface area contributed by atoms with Crippen LogP contribution in [0.5, 0.6) is 17.2 Å². The number of benzene rings is 8. The molecule has 0 amide bonds. The Bertz CT molecular complexity index is 3180. The molecule has 0 saturated heterocycles. The Morgan fingerprint density at radius 1 is 0.341 bits per heavy atom. The largest absolute Gasteiger partial charge is 0.497 e. The van der Waals surface area contributed by atoms with Crippen LogP contribution >= 0.6 is 0 Å². The highest BCUT2D eigenvalue weighted by molar-refractivity contribution is 5.44. The van der Waals surface area contributed by atoms with Crippen molar-refractivity contribution >= 4 is 0 Å². The van der Waals surface area contributed by atoms with Crippen LogP contribution in [0.2, 0.25) is 0 Å². The second kappa shape index (κ2) is 45.0. The number of ether oxygens (including phenoxy) is 3. The highest BCUT2D eigenvalue weighted by Crippen LogP contribution is 2.35. The summed E-state index contributed by atoms with van der Waals surface area (Å²) in [5, 5.41) is 0. The first kappa shape index (κ1) is 85.7. The van der Waals surface area contributed by atoms with Gasteiger partial charge in [0, 0.05) is 6.07 Å². The number of aryl methyl sites for hydroxylation is 1. The van der Waals surface area contributed by atoms with Gasteiger partial charge in [0.05, 0.1) is 26.4 Å². The zero-order valence-electron chi connectivity index (χ0n) is 56.4. The predicted octanol–water partition coefficient (Wildman–Crippen LogP) is 26.2. The van der Waals surface area contributed by atoms with Crippen molar-refractivity contribution in [2.75, 3.05) is 20.8 Å². The third-order valence-corrected chi connectivity index (χ3v) is 13.7. The van der Waals surface area contributed by atoms with Crippen molar-refractivity contribution < 1.29 is 49.3 Å². The molecule has 0 radical (unpaired) electrons. The molecular weight excluding hydrogens is 1160 g/mol. The molecule has 3 nitrogen and oxygen atoms in total. The summed E-state index contributed by atoms with van der Waals surface area (Å²) in [6.07, 6.45) is -4.24. The number of hydrogen-bond acceptors (Lipinski definition) is 3. The van der Waals surface area contributed by atoms with E-state index >= 15 is 0 Å². The van der Waals surface area contributed by atoms with E-state index in [1.807, 2.05) is 77.1 Å². The van der Waals surface area contributed by atoms with Crippen LogP contribution in [0.25, 0.3) is 0 Å². The molecule has 0 aliphatic carbocycles. The Hall–Kier alpha value is -7.40. The molecule has 0 heterocycles. The summed E-state index contributed by atoms with van der Waals surface area (Å²) in [5.41, 5.74) is 8.80. The van der Waals surface area contributed by atoms with Crippen LogP contribution < -0.4 is 14.2 Å². The van der Waals surface area contributed by atoms with Gasteiger partial charge in [-0.3, -0.25) is 0 Å². The maximum atomic E-state index is 12.9. The Balaban J connectivity index is 0. The lowest BCUT2D eigenvalue weighted by molar-refractivity contribution is -0.138. The zero-order valence-corrected chi connectivity index (χ0v) is 56.4. The summed E-state index contributed by atoms with van der Waals surface area (Å²) >= 11 is 0. The van der Waals surface area contributed by atoms with Gasteiger partial charge in [0.2, 0.25) is 0 Å². The second-order valence-corrected chi connectivity index (χ2v) is 23.7. The quantitative estimate of drug-likeness (QED) is 0.114. The monoisotopic (exact) mass is 1270 g/mol. The average molecular weight is 1270 g/mol. The third kappa shape index (κ3) is 34.0. The van der Waals surface area contributed by atoms with Crippen LogP contribution in [-0.2, 0) is 6.18 Å². The lowest BCUT2D eigenvalue weighted by atomic mass is 9.97. The molecule has 8 rings (SSSR count). The topological polar surface area (TPSA) is 27.7 Å². The third-order valence-electron chi connectivity index (χ3n) is 13.7. The van der Waals surface area contributed by atoms with E-state index in [1.165, 1.54) is 75.8 Å². The molecule has 0 saturated carbocycles. The van der Waals surface area contributed by atoms with Crippen LogP contribution in [0.15, 0.2) is 182 Å². The Morgan fingerprint density at radius 2 is 0.769 bits per heavy atom. The Morgan fingerprint density at radius 3 is 1.19 bits per heavy atom. The Kier molecular flexibility index (Phi) is 42.3. The molecule has 0 bridgehead atoms. The molecule has 0 N–H and O–H groups in total. The fraction of sp³-hybridized carbons (Fsp3) is 0.400. The molecule has 0 fully saturated rings. The van der Waals surface area contributed by atoms with Gasteiger partial charge in [-0.1, -0.05) is 240 Å². The van der Waals surface area contributed by atoms with Gasteiger partial charge in [-0.25, -0.2) is 22.0 Å². The predicted molar refractivity (Wildman–Crippen MR) is 372 cm³/mol. The van der Waals surface area contributed by atoms with E-state index in [0.717, 1.165) is 41.5 Å². The molecule has 0 unspecified atom stereocenters. The van der Waals surface area contributed by atoms with Gasteiger partial charge in [0.1, 0.15) is 34.8 Å². The van der Waals surface area contributed by atoms with Crippen LogP contribution in [-0.4, -0.2) is 20.8 Å². The number of alkyl halides is 3. The van der Waals surface area contributed by atoms with Crippen molar-refractivity contribution in [1.82, 2.24) is 0 Å². The van der Waals surface area contributed by atoms with Crippen molar-refractivity contribution in [2.45, 2.75) is 193 Å². The standard InChI is InChI=1S/C12H18O2.C10H11F3.C10H14O.C10H14.2C9H10F2.C9H11F.C9H12.2CH4/c1-5-14-11-7-6-10(9(2)3)8-12(11)13-4;1-7(2)8-5-3-4-6-9(8)10(11,12)13;1-8(2)9-5-4-6-10(7-9)11-3;1-8(2)10-6-4-5-9(3)7-10;1-6(2)8-5-7(10)3-4-9(8)11;1-6(2)8-4-3-7(10)5-9(8)11;1-7(2)8-3-5-9(10)6-4-8;1-8(2)9-6-4-3-5-7-9;;/h6-9H,5H2,1-4H3;3-7H,1-2H3;4-8H,1-3H3;4-8H,1-3H3;2*3-6H,1-2H3;3-7H,1-2H3;3-8H,1-2H3;2*1H4. The minimum Gasteiger partial charge on any atom is -0.497 e. The van der Waals surface area contributed by atoms with Crippen molar-refractivity contribution in [3.63, 3.8) is 0 Å². The summed E-state index contributed by atoms with van der Waals surface area (Å²) in [6.45, 7) is 37.4. The molecule has 0 atom stereocenters. The van der Waals surface area contributed by atoms with Crippen molar-refractivity contribution in [3.05, 3.63) is 267 Å². The molecule has 502 valence electrons. The minimum absolute atomic E-state index is 0. The number of halogens is 8. The average Bonchev–Trinajstić information content (AvgIpc) is 1.09. The molecule has 0 aliphatic rings. The van der Waals surface area contributed by atoms with Crippen LogP contribution in [0, 0.1) is 36.0 Å². The zero-order chi connectivity index (χ0) is 67.6. The molecular formula is C80H108F8O3. The molecule has 0 spiro atoms. The van der Waals surface area contributed by atoms with Gasteiger partial charge < -0.3 is 14.2 Å². The van der Waals surface area contributed by atoms with E-state index in [-0.39, 0.29) is 50.1 Å². The van der Waals surface area contributed by atoms with Gasteiger partial charge in [0.25, 0.3) is 0 Å². The summed E-state index contributed by atoms with van der Waals surface area (Å²) in [7, 11) is 3.36. The van der Waals surface area contributed by atoms with Gasteiger partial charge in [0.15, 0.2) is 11.5 Å². The van der Waals surface area contributed by atoms with Gasteiger partial charge in [-0.15, -0.1) is 0 Å². The number of rotatable bonds is 12. The van der Waals surface area contributed by atoms with Gasteiger partial charge in [-0.2, -0.15) is 13.2 Å². The van der Waals surface area contributed by atoms with Crippen LogP contribution in [0.4, 0.5) is 35.1 Å². The van der Waals surface area contributed by atoms with Crippen LogP contribution in [0.1, 0.15) is 236 Å². The molecule has 11 heteroatoms. The molecule has 8 aromatic rings. The lowest BCUT2D eigenvalue weighted by Crippen LogP contribution is -2.09. The number of methoxy groups -OCH3 is 2. The minimum atomic E-state index is -4.24. The van der Waals surface area contributed by atoms with E-state index in [1.54, 1.807) is 34.1 Å². The second-order valence-electron chi connectivity index (χ2n) is 23.7. The maximum Gasteiger partial charge on any atom is 0.416 e. The summed E-state index contributed by atoms with van der Waals surface area (Å²) in [4.78, 5) is 0. The van der Waals surface area contributed by atoms with E-state index in [2.05, 4.69) is 143 Å². The molecule has 8 aromatic carbocycles. The lowest BCUT2D eigenvalue weighted by Gasteiger charge is -2.14. The van der Waals surface area contributed by atoms with E-state index < -0.39 is 23.4 Å². The van der Waals surface area contributed by atoms with E-state index in [9.17, 15) is 35.1 Å². The first-order chi connectivity index (χ1) is 41.8. The van der Waals surface area contributed by atoms with E-state index in [4.69, 9.17) is 14.2 Å². The number of hydrogen-bond donors (Lipinski definition) is 0. The first-order valence-electron chi connectivity index (χ1n) is 30.6. The fourth-order valence-electron chi connectivity index (χ4n) is 8.22. The van der Waals surface area contributed by atoms with E-state index in [0.29, 0.717) is 52.9 Å². The van der Waals surface area contributed by atoms with Crippen molar-refractivity contribution in [3.8, 4) is 17.2 Å². The van der Waals surface area contributed by atoms with Crippen LogP contribution in [0.3, 0.4) is 0 Å². The summed E-state index contributed by atoms with van der Waals surface area (Å²) in [5.74, 6) is 3.65. The van der Waals surface area contributed by atoms with Crippen molar-refractivity contribution in [2.24, 2.45) is 0 Å². The normalized spacial score (nSPS) is 10.4. The highest BCUT2D eigenvalue weighted by Gasteiger charge is 2.33. The summed E-state index contributed by atoms with van der Waals surface area (Å²) < 4.78 is 116. The van der Waals surface area contributed by atoms with Gasteiger partial charge >= 0.3 is 6.18 Å². The van der Waals surface area contributed by atoms with Crippen molar-refractivity contribution in [1.29, 1.82) is 0 Å². The SMILES string of the molecule is C.C.CC(C)c1cc(F)ccc1F.CC(C)c1ccc(F)cc1.CC(C)c1ccc(F)cc1F.CC(C)c1ccccc1.CC(C)c1ccccc1C(F)(F)F.CCOc1ccc(C(C)C)cc1OC.COc1cccc(C(C)C)c1.Cc1cccc(C(C)C)c1. The first-order valence-corrected chi connectivity index (χ1v) is 30.6. The fourth-order valence-corrected chi connectivity index (χ4v) is 8.22. The Labute approximate surface area is 544 Å². The molecule has 91 heavy (non-hydrogen) atoms. The van der Waals surface area contributed by atoms with Gasteiger partial charge in [-0.05, 0) is 172 Å². The summed E-state index contributed by atoms with van der Waals surface area (Å²) in [6, 6.07) is 53.0. The molecule has 0 aliphatic heterocycles. The maximum absolute atomic E-state index is 12.9. The highest BCUT2D eigenvalue weighted by atomic mass is 19.4. The smallest absolute Gasteiger partial charge is 0.416 e.